The summed E-state index contributed by atoms with van der Waals surface area (Å²) < 4.78 is 29.3. The van der Waals surface area contributed by atoms with Gasteiger partial charge in [0.15, 0.2) is 6.61 Å². The number of hydrogen-bond acceptors (Lipinski definition) is 4. The van der Waals surface area contributed by atoms with Crippen LogP contribution in [0.25, 0.3) is 0 Å². The maximum atomic E-state index is 12.2. The van der Waals surface area contributed by atoms with Crippen molar-refractivity contribution < 1.29 is 23.4 Å². The van der Waals surface area contributed by atoms with Gasteiger partial charge in [0, 0.05) is 19.3 Å². The number of halogens is 2. The predicted molar refractivity (Wildman–Crippen MR) is 76.1 cm³/mol. The van der Waals surface area contributed by atoms with Gasteiger partial charge in [0.2, 0.25) is 5.88 Å². The molecule has 1 aliphatic rings. The minimum absolute atomic E-state index is 0.0450. The molecule has 7 heteroatoms. The maximum absolute atomic E-state index is 12.2. The molecule has 1 aromatic rings. The molecule has 5 nitrogen and oxygen atoms in total. The molecule has 1 aliphatic carbocycles. The van der Waals surface area contributed by atoms with Crippen LogP contribution in [0.15, 0.2) is 18.3 Å². The lowest BCUT2D eigenvalue weighted by atomic mass is 9.67. The standard InChI is InChI=1S/C15H20F2N2O3/c16-12(17)9-22-14-11(3-1-7-18-14)13(21)19-10-15(6-8-20)4-2-5-15/h1,3,7,12,20H,2,4-6,8-10H2,(H,19,21). The van der Waals surface area contributed by atoms with Gasteiger partial charge in [-0.25, -0.2) is 13.8 Å². The predicted octanol–water partition coefficient (Wildman–Crippen LogP) is 2.01. The van der Waals surface area contributed by atoms with Crippen LogP contribution in [0.2, 0.25) is 0 Å². The zero-order valence-electron chi connectivity index (χ0n) is 12.2. The summed E-state index contributed by atoms with van der Waals surface area (Å²) in [6, 6.07) is 3.04. The van der Waals surface area contributed by atoms with Gasteiger partial charge >= 0.3 is 0 Å². The topological polar surface area (TPSA) is 71.5 Å². The number of pyridine rings is 1. The number of rotatable bonds is 8. The van der Waals surface area contributed by atoms with Gasteiger partial charge in [-0.05, 0) is 36.8 Å². The van der Waals surface area contributed by atoms with Crippen LogP contribution in [-0.2, 0) is 0 Å². The van der Waals surface area contributed by atoms with Crippen molar-refractivity contribution in [2.75, 3.05) is 19.8 Å². The van der Waals surface area contributed by atoms with Crippen molar-refractivity contribution in [3.05, 3.63) is 23.9 Å². The molecular weight excluding hydrogens is 294 g/mol. The van der Waals surface area contributed by atoms with Crippen LogP contribution in [0.5, 0.6) is 5.88 Å². The fraction of sp³-hybridized carbons (Fsp3) is 0.600. The van der Waals surface area contributed by atoms with Gasteiger partial charge in [-0.3, -0.25) is 4.79 Å². The minimum Gasteiger partial charge on any atom is -0.471 e. The number of aromatic nitrogens is 1. The number of carbonyl (C=O) groups is 1. The van der Waals surface area contributed by atoms with Crippen LogP contribution in [0, 0.1) is 5.41 Å². The normalized spacial score (nSPS) is 16.2. The van der Waals surface area contributed by atoms with E-state index in [9.17, 15) is 13.6 Å². The molecule has 0 atom stereocenters. The third kappa shape index (κ3) is 4.13. The monoisotopic (exact) mass is 314 g/mol. The Morgan fingerprint density at radius 3 is 2.86 bits per heavy atom. The Labute approximate surface area is 127 Å². The smallest absolute Gasteiger partial charge is 0.272 e. The highest BCUT2D eigenvalue weighted by Crippen LogP contribution is 2.43. The molecule has 0 saturated heterocycles. The van der Waals surface area contributed by atoms with Gasteiger partial charge in [0.1, 0.15) is 5.56 Å². The number of aliphatic hydroxyl groups excluding tert-OH is 1. The first-order valence-corrected chi connectivity index (χ1v) is 7.31. The van der Waals surface area contributed by atoms with Crippen molar-refractivity contribution in [2.45, 2.75) is 32.1 Å². The van der Waals surface area contributed by atoms with Gasteiger partial charge in [-0.2, -0.15) is 0 Å². The largest absolute Gasteiger partial charge is 0.471 e. The number of alkyl halides is 2. The number of nitrogens with one attached hydrogen (secondary N) is 1. The van der Waals surface area contributed by atoms with Crippen LogP contribution in [-0.4, -0.2) is 42.2 Å². The zero-order valence-corrected chi connectivity index (χ0v) is 12.2. The van der Waals surface area contributed by atoms with E-state index in [1.165, 1.54) is 12.3 Å². The van der Waals surface area contributed by atoms with E-state index in [2.05, 4.69) is 10.3 Å². The average molecular weight is 314 g/mol. The molecule has 22 heavy (non-hydrogen) atoms. The van der Waals surface area contributed by atoms with Crippen molar-refractivity contribution in [3.8, 4) is 5.88 Å². The number of ether oxygens (including phenoxy) is 1. The Balaban J connectivity index is 1.97. The first-order chi connectivity index (χ1) is 10.6. The van der Waals surface area contributed by atoms with Gasteiger partial charge in [-0.15, -0.1) is 0 Å². The summed E-state index contributed by atoms with van der Waals surface area (Å²) in [4.78, 5) is 16.1. The molecule has 0 radical (unpaired) electrons. The van der Waals surface area contributed by atoms with E-state index in [4.69, 9.17) is 9.84 Å². The van der Waals surface area contributed by atoms with E-state index >= 15 is 0 Å². The number of carbonyl (C=O) groups excluding carboxylic acids is 1. The summed E-state index contributed by atoms with van der Waals surface area (Å²) in [7, 11) is 0. The highest BCUT2D eigenvalue weighted by Gasteiger charge is 2.36. The number of nitrogens with zero attached hydrogens (tertiary/aromatic N) is 1. The molecule has 1 saturated carbocycles. The molecule has 0 spiro atoms. The fourth-order valence-corrected chi connectivity index (χ4v) is 2.61. The van der Waals surface area contributed by atoms with E-state index in [1.807, 2.05) is 0 Å². The summed E-state index contributed by atoms with van der Waals surface area (Å²) in [6.07, 6.45) is 2.43. The van der Waals surface area contributed by atoms with Crippen molar-refractivity contribution >= 4 is 5.91 Å². The van der Waals surface area contributed by atoms with Gasteiger partial charge in [0.25, 0.3) is 12.3 Å². The molecule has 0 aliphatic heterocycles. The molecule has 122 valence electrons. The van der Waals surface area contributed by atoms with E-state index in [-0.39, 0.29) is 23.5 Å². The third-order valence-corrected chi connectivity index (χ3v) is 4.04. The molecule has 0 bridgehead atoms. The number of hydrogen-bond donors (Lipinski definition) is 2. The second-order valence-electron chi connectivity index (χ2n) is 5.57. The molecule has 1 aromatic heterocycles. The first kappa shape index (κ1) is 16.6. The molecule has 0 aromatic carbocycles. The SMILES string of the molecule is O=C(NCC1(CCO)CCC1)c1cccnc1OCC(F)F. The molecular formula is C15H20F2N2O3. The molecule has 1 heterocycles. The van der Waals surface area contributed by atoms with Gasteiger partial charge in [0.05, 0.1) is 0 Å². The Kier molecular flexibility index (Phi) is 5.65. The quantitative estimate of drug-likeness (QED) is 0.770. The molecule has 0 unspecified atom stereocenters. The number of aliphatic hydroxyl groups is 1. The fourth-order valence-electron chi connectivity index (χ4n) is 2.61. The van der Waals surface area contributed by atoms with E-state index in [1.54, 1.807) is 6.07 Å². The second kappa shape index (κ2) is 7.49. The van der Waals surface area contributed by atoms with Crippen LogP contribution in [0.3, 0.4) is 0 Å². The maximum Gasteiger partial charge on any atom is 0.272 e. The summed E-state index contributed by atoms with van der Waals surface area (Å²) >= 11 is 0. The Hall–Kier alpha value is -1.76. The summed E-state index contributed by atoms with van der Waals surface area (Å²) in [5.41, 5.74) is 0.0954. The summed E-state index contributed by atoms with van der Waals surface area (Å²) in [5.74, 6) is -0.494. The highest BCUT2D eigenvalue weighted by atomic mass is 19.3. The minimum atomic E-state index is -2.62. The Bertz CT molecular complexity index is 507. The third-order valence-electron chi connectivity index (χ3n) is 4.04. The Morgan fingerprint density at radius 1 is 1.50 bits per heavy atom. The van der Waals surface area contributed by atoms with Crippen LogP contribution in [0.1, 0.15) is 36.0 Å². The van der Waals surface area contributed by atoms with E-state index < -0.39 is 18.9 Å². The van der Waals surface area contributed by atoms with Crippen LogP contribution < -0.4 is 10.1 Å². The Morgan fingerprint density at radius 2 is 2.27 bits per heavy atom. The van der Waals surface area contributed by atoms with Crippen molar-refractivity contribution in [1.82, 2.24) is 10.3 Å². The summed E-state index contributed by atoms with van der Waals surface area (Å²) in [5, 5.41) is 11.9. The van der Waals surface area contributed by atoms with Crippen molar-refractivity contribution in [2.24, 2.45) is 5.41 Å². The lowest BCUT2D eigenvalue weighted by molar-refractivity contribution is 0.0705. The average Bonchev–Trinajstić information content (AvgIpc) is 2.47. The van der Waals surface area contributed by atoms with E-state index in [0.717, 1.165) is 19.3 Å². The molecule has 2 rings (SSSR count). The lowest BCUT2D eigenvalue weighted by Crippen LogP contribution is -2.42. The highest BCUT2D eigenvalue weighted by molar-refractivity contribution is 5.96. The number of amides is 1. The van der Waals surface area contributed by atoms with Gasteiger partial charge in [-0.1, -0.05) is 6.42 Å². The van der Waals surface area contributed by atoms with Crippen molar-refractivity contribution in [1.29, 1.82) is 0 Å². The van der Waals surface area contributed by atoms with Gasteiger partial charge < -0.3 is 15.2 Å². The molecule has 1 fully saturated rings. The lowest BCUT2D eigenvalue weighted by Gasteiger charge is -2.41. The van der Waals surface area contributed by atoms with Crippen LogP contribution in [0.4, 0.5) is 8.78 Å². The molecule has 1 amide bonds. The zero-order chi connectivity index (χ0) is 16.0. The van der Waals surface area contributed by atoms with Crippen molar-refractivity contribution in [3.63, 3.8) is 0 Å². The molecule has 2 N–H and O–H groups in total. The summed E-state index contributed by atoms with van der Waals surface area (Å²) in [6.45, 7) is -0.257. The second-order valence-corrected chi connectivity index (χ2v) is 5.57. The van der Waals surface area contributed by atoms with E-state index in [0.29, 0.717) is 13.0 Å². The first-order valence-electron chi connectivity index (χ1n) is 7.31. The van der Waals surface area contributed by atoms with Crippen LogP contribution >= 0.6 is 0 Å².